The van der Waals surface area contributed by atoms with E-state index in [0.29, 0.717) is 6.42 Å². The second-order valence-corrected chi connectivity index (χ2v) is 5.91. The van der Waals surface area contributed by atoms with Gasteiger partial charge in [0, 0.05) is 18.3 Å². The van der Waals surface area contributed by atoms with Gasteiger partial charge in [0.1, 0.15) is 0 Å². The van der Waals surface area contributed by atoms with Gasteiger partial charge in [-0.3, -0.25) is 9.59 Å². The largest absolute Gasteiger partial charge is 0.416 e. The quantitative estimate of drug-likeness (QED) is 0.717. The van der Waals surface area contributed by atoms with Gasteiger partial charge in [-0.15, -0.1) is 0 Å². The van der Waals surface area contributed by atoms with Gasteiger partial charge in [0.2, 0.25) is 0 Å². The summed E-state index contributed by atoms with van der Waals surface area (Å²) in [6, 6.07) is 3.04. The number of amides is 2. The molecule has 0 heterocycles. The summed E-state index contributed by atoms with van der Waals surface area (Å²) in [6.07, 6.45) is -2.36. The van der Waals surface area contributed by atoms with Crippen LogP contribution in [-0.4, -0.2) is 29.6 Å². The van der Waals surface area contributed by atoms with Crippen LogP contribution < -0.4 is 10.6 Å². The Morgan fingerprint density at radius 3 is 2.50 bits per heavy atom. The minimum Gasteiger partial charge on any atom is -0.396 e. The Hall–Kier alpha value is -2.09. The van der Waals surface area contributed by atoms with Crippen LogP contribution in [0, 0.1) is 12.8 Å². The third-order valence-corrected chi connectivity index (χ3v) is 3.95. The fraction of sp³-hybridized carbons (Fsp3) is 0.500. The molecule has 1 aliphatic carbocycles. The van der Waals surface area contributed by atoms with Crippen molar-refractivity contribution in [2.75, 3.05) is 11.9 Å². The number of hydrogen-bond donors (Lipinski definition) is 3. The van der Waals surface area contributed by atoms with E-state index in [1.165, 1.54) is 19.1 Å². The van der Waals surface area contributed by atoms with Gasteiger partial charge in [0.05, 0.1) is 5.56 Å². The topological polar surface area (TPSA) is 78.4 Å². The number of anilines is 1. The molecule has 0 saturated heterocycles. The number of aliphatic hydroxyl groups is 1. The standard InChI is InChI=1S/C16H19F3N2O3/c1-9-2-5-11(8-12(9)16(17,18)19)20-14(23)15(24)21-13(6-7-22)10-3-4-10/h2,5,8,10,13,22H,3-4,6-7H2,1H3,(H,20,23)(H,21,24). The summed E-state index contributed by atoms with van der Waals surface area (Å²) in [5, 5.41) is 13.7. The van der Waals surface area contributed by atoms with E-state index >= 15 is 0 Å². The fourth-order valence-corrected chi connectivity index (χ4v) is 2.49. The molecule has 1 aromatic carbocycles. The molecule has 24 heavy (non-hydrogen) atoms. The van der Waals surface area contributed by atoms with Crippen molar-refractivity contribution >= 4 is 17.5 Å². The second-order valence-electron chi connectivity index (χ2n) is 5.91. The first kappa shape index (κ1) is 18.3. The Kier molecular flexibility index (Phi) is 5.48. The van der Waals surface area contributed by atoms with Gasteiger partial charge >= 0.3 is 18.0 Å². The molecule has 132 valence electrons. The highest BCUT2D eigenvalue weighted by atomic mass is 19.4. The molecule has 1 aliphatic rings. The minimum absolute atomic E-state index is 0.0293. The van der Waals surface area contributed by atoms with E-state index in [-0.39, 0.29) is 29.8 Å². The SMILES string of the molecule is Cc1ccc(NC(=O)C(=O)NC(CCO)C2CC2)cc1C(F)(F)F. The number of aryl methyl sites for hydroxylation is 1. The summed E-state index contributed by atoms with van der Waals surface area (Å²) < 4.78 is 38.6. The highest BCUT2D eigenvalue weighted by molar-refractivity contribution is 6.39. The number of benzene rings is 1. The Balaban J connectivity index is 2.02. The first-order valence-corrected chi connectivity index (χ1v) is 7.63. The molecule has 5 nitrogen and oxygen atoms in total. The first-order chi connectivity index (χ1) is 11.2. The van der Waals surface area contributed by atoms with Crippen molar-refractivity contribution < 1.29 is 27.9 Å². The van der Waals surface area contributed by atoms with Crippen LogP contribution in [0.4, 0.5) is 18.9 Å². The van der Waals surface area contributed by atoms with Crippen molar-refractivity contribution in [2.24, 2.45) is 5.92 Å². The maximum atomic E-state index is 12.9. The number of rotatable bonds is 5. The van der Waals surface area contributed by atoms with E-state index in [2.05, 4.69) is 10.6 Å². The first-order valence-electron chi connectivity index (χ1n) is 7.63. The molecule has 1 saturated carbocycles. The molecule has 0 bridgehead atoms. The van der Waals surface area contributed by atoms with Crippen molar-refractivity contribution in [3.8, 4) is 0 Å². The van der Waals surface area contributed by atoms with Gasteiger partial charge in [-0.25, -0.2) is 0 Å². The van der Waals surface area contributed by atoms with Crippen LogP contribution in [0.15, 0.2) is 18.2 Å². The van der Waals surface area contributed by atoms with E-state index in [9.17, 15) is 22.8 Å². The lowest BCUT2D eigenvalue weighted by molar-refractivity contribution is -0.138. The third-order valence-electron chi connectivity index (χ3n) is 3.95. The van der Waals surface area contributed by atoms with Crippen molar-refractivity contribution in [3.63, 3.8) is 0 Å². The van der Waals surface area contributed by atoms with Crippen molar-refractivity contribution in [2.45, 2.75) is 38.4 Å². The molecule has 3 N–H and O–H groups in total. The molecule has 8 heteroatoms. The number of carbonyl (C=O) groups is 2. The summed E-state index contributed by atoms with van der Waals surface area (Å²) in [7, 11) is 0. The molecule has 0 aromatic heterocycles. The van der Waals surface area contributed by atoms with Crippen LogP contribution in [0.5, 0.6) is 0 Å². The van der Waals surface area contributed by atoms with Crippen LogP contribution in [0.25, 0.3) is 0 Å². The summed E-state index contributed by atoms with van der Waals surface area (Å²) in [6.45, 7) is 1.20. The Bertz CT molecular complexity index is 627. The third kappa shape index (κ3) is 4.70. The van der Waals surface area contributed by atoms with Crippen LogP contribution in [0.3, 0.4) is 0 Å². The predicted octanol–water partition coefficient (Wildman–Crippen LogP) is 2.23. The molecule has 2 amide bonds. The molecule has 1 unspecified atom stereocenters. The molecule has 0 spiro atoms. The van der Waals surface area contributed by atoms with Gasteiger partial charge in [-0.05, 0) is 49.8 Å². The summed E-state index contributed by atoms with van der Waals surface area (Å²) in [4.78, 5) is 23.8. The van der Waals surface area contributed by atoms with Crippen LogP contribution in [0.2, 0.25) is 0 Å². The molecule has 2 rings (SSSR count). The lowest BCUT2D eigenvalue weighted by Gasteiger charge is -2.17. The fourth-order valence-electron chi connectivity index (χ4n) is 2.49. The Morgan fingerprint density at radius 1 is 1.29 bits per heavy atom. The van der Waals surface area contributed by atoms with Crippen LogP contribution in [-0.2, 0) is 15.8 Å². The Labute approximate surface area is 137 Å². The maximum absolute atomic E-state index is 12.9. The number of aliphatic hydroxyl groups excluding tert-OH is 1. The highest BCUT2D eigenvalue weighted by Crippen LogP contribution is 2.34. The maximum Gasteiger partial charge on any atom is 0.416 e. The zero-order valence-electron chi connectivity index (χ0n) is 13.1. The lowest BCUT2D eigenvalue weighted by Crippen LogP contribution is -2.43. The highest BCUT2D eigenvalue weighted by Gasteiger charge is 2.34. The Morgan fingerprint density at radius 2 is 1.96 bits per heavy atom. The van der Waals surface area contributed by atoms with Gasteiger partial charge in [-0.2, -0.15) is 13.2 Å². The van der Waals surface area contributed by atoms with E-state index in [1.54, 1.807) is 0 Å². The van der Waals surface area contributed by atoms with Gasteiger partial charge < -0.3 is 15.7 Å². The molecule has 1 atom stereocenters. The van der Waals surface area contributed by atoms with Gasteiger partial charge in [-0.1, -0.05) is 6.07 Å². The number of nitrogens with one attached hydrogen (secondary N) is 2. The molecular formula is C16H19F3N2O3. The van der Waals surface area contributed by atoms with Crippen molar-refractivity contribution in [3.05, 3.63) is 29.3 Å². The van der Waals surface area contributed by atoms with Crippen LogP contribution >= 0.6 is 0 Å². The number of carbonyl (C=O) groups excluding carboxylic acids is 2. The predicted molar refractivity (Wildman–Crippen MR) is 81.2 cm³/mol. The smallest absolute Gasteiger partial charge is 0.396 e. The van der Waals surface area contributed by atoms with E-state index in [0.717, 1.165) is 18.9 Å². The van der Waals surface area contributed by atoms with Crippen molar-refractivity contribution in [1.29, 1.82) is 0 Å². The van der Waals surface area contributed by atoms with E-state index in [1.807, 2.05) is 0 Å². The second kappa shape index (κ2) is 7.21. The average Bonchev–Trinajstić information content (AvgIpc) is 3.32. The van der Waals surface area contributed by atoms with Crippen LogP contribution in [0.1, 0.15) is 30.4 Å². The van der Waals surface area contributed by atoms with Gasteiger partial charge in [0.15, 0.2) is 0 Å². The summed E-state index contributed by atoms with van der Waals surface area (Å²) >= 11 is 0. The van der Waals surface area contributed by atoms with E-state index < -0.39 is 23.6 Å². The summed E-state index contributed by atoms with van der Waals surface area (Å²) in [5.41, 5.74) is -0.934. The normalized spacial score (nSPS) is 15.7. The lowest BCUT2D eigenvalue weighted by atomic mass is 10.1. The number of hydrogen-bond acceptors (Lipinski definition) is 3. The molecule has 0 aliphatic heterocycles. The average molecular weight is 344 g/mol. The number of alkyl halides is 3. The number of halogens is 3. The summed E-state index contributed by atoms with van der Waals surface area (Å²) in [5.74, 6) is -1.71. The molecule has 1 fully saturated rings. The molecular weight excluding hydrogens is 325 g/mol. The van der Waals surface area contributed by atoms with E-state index in [4.69, 9.17) is 5.11 Å². The molecule has 0 radical (unpaired) electrons. The molecule has 1 aromatic rings. The monoisotopic (exact) mass is 344 g/mol. The minimum atomic E-state index is -4.54. The van der Waals surface area contributed by atoms with Crippen molar-refractivity contribution in [1.82, 2.24) is 5.32 Å². The zero-order valence-corrected chi connectivity index (χ0v) is 13.1. The zero-order chi connectivity index (χ0) is 17.9. The van der Waals surface area contributed by atoms with Gasteiger partial charge in [0.25, 0.3) is 0 Å².